The fourth-order valence-electron chi connectivity index (χ4n) is 1.34. The van der Waals surface area contributed by atoms with E-state index in [9.17, 15) is 9.90 Å². The fraction of sp³-hybridized carbons (Fsp3) is 0.182. The number of anilines is 1. The van der Waals surface area contributed by atoms with Crippen molar-refractivity contribution < 1.29 is 9.90 Å². The number of aromatic nitrogens is 4. The number of rotatable bonds is 3. The SMILES string of the molecule is CC(=O)NNc1nc(O)nc(-c2cc(C)ccn2)n1. The lowest BCUT2D eigenvalue weighted by atomic mass is 10.2. The molecule has 0 atom stereocenters. The van der Waals surface area contributed by atoms with Gasteiger partial charge < -0.3 is 5.11 Å². The number of hydrazine groups is 1. The molecule has 0 aromatic carbocycles. The molecule has 98 valence electrons. The third kappa shape index (κ3) is 3.35. The van der Waals surface area contributed by atoms with Crippen molar-refractivity contribution >= 4 is 11.9 Å². The van der Waals surface area contributed by atoms with Crippen molar-refractivity contribution in [1.29, 1.82) is 0 Å². The largest absolute Gasteiger partial charge is 0.479 e. The fourth-order valence-corrected chi connectivity index (χ4v) is 1.34. The van der Waals surface area contributed by atoms with Gasteiger partial charge >= 0.3 is 6.01 Å². The van der Waals surface area contributed by atoms with Gasteiger partial charge in [-0.15, -0.1) is 0 Å². The van der Waals surface area contributed by atoms with Crippen LogP contribution >= 0.6 is 0 Å². The number of aryl methyl sites for hydroxylation is 1. The average molecular weight is 260 g/mol. The van der Waals surface area contributed by atoms with Gasteiger partial charge in [0.1, 0.15) is 5.69 Å². The maximum absolute atomic E-state index is 10.8. The zero-order valence-corrected chi connectivity index (χ0v) is 10.4. The third-order valence-corrected chi connectivity index (χ3v) is 2.12. The number of pyridine rings is 1. The predicted molar refractivity (Wildman–Crippen MR) is 66.9 cm³/mol. The van der Waals surface area contributed by atoms with Crippen LogP contribution in [0.4, 0.5) is 5.95 Å². The van der Waals surface area contributed by atoms with Crippen molar-refractivity contribution in [3.8, 4) is 17.5 Å². The summed E-state index contributed by atoms with van der Waals surface area (Å²) < 4.78 is 0. The van der Waals surface area contributed by atoms with Gasteiger partial charge in [0.15, 0.2) is 5.82 Å². The lowest BCUT2D eigenvalue weighted by Gasteiger charge is -2.06. The van der Waals surface area contributed by atoms with Crippen LogP contribution in [0.3, 0.4) is 0 Å². The molecular formula is C11H12N6O2. The maximum Gasteiger partial charge on any atom is 0.319 e. The Morgan fingerprint density at radius 3 is 2.79 bits per heavy atom. The molecule has 0 bridgehead atoms. The summed E-state index contributed by atoms with van der Waals surface area (Å²) in [4.78, 5) is 26.4. The molecule has 0 aliphatic rings. The van der Waals surface area contributed by atoms with Crippen LogP contribution < -0.4 is 10.9 Å². The van der Waals surface area contributed by atoms with Crippen LogP contribution in [0.15, 0.2) is 18.3 Å². The normalized spacial score (nSPS) is 10.0. The number of amides is 1. The van der Waals surface area contributed by atoms with Crippen LogP contribution in [-0.4, -0.2) is 30.9 Å². The van der Waals surface area contributed by atoms with E-state index in [2.05, 4.69) is 30.8 Å². The minimum Gasteiger partial charge on any atom is -0.479 e. The first-order valence-electron chi connectivity index (χ1n) is 5.45. The summed E-state index contributed by atoms with van der Waals surface area (Å²) in [5.41, 5.74) is 6.26. The first-order chi connectivity index (χ1) is 9.04. The Bertz CT molecular complexity index is 616. The number of aromatic hydroxyl groups is 1. The van der Waals surface area contributed by atoms with Crippen LogP contribution in [0, 0.1) is 6.92 Å². The van der Waals surface area contributed by atoms with E-state index in [-0.39, 0.29) is 17.7 Å². The standard InChI is InChI=1S/C11H12N6O2/c1-6-3-4-12-8(5-6)9-13-10(15-11(19)14-9)17-16-7(2)18/h3-5H,1-2H3,(H,16,18)(H2,13,14,15,17,19). The predicted octanol–water partition coefficient (Wildman–Crippen LogP) is 0.411. The molecule has 0 fully saturated rings. The number of nitrogens with zero attached hydrogens (tertiary/aromatic N) is 4. The average Bonchev–Trinajstić information content (AvgIpc) is 2.36. The van der Waals surface area contributed by atoms with Gasteiger partial charge in [0.05, 0.1) is 0 Å². The van der Waals surface area contributed by atoms with Crippen molar-refractivity contribution in [3.63, 3.8) is 0 Å². The molecule has 8 heteroatoms. The molecule has 0 radical (unpaired) electrons. The minimum atomic E-state index is -0.457. The Morgan fingerprint density at radius 2 is 2.11 bits per heavy atom. The molecular weight excluding hydrogens is 248 g/mol. The zero-order valence-electron chi connectivity index (χ0n) is 10.4. The smallest absolute Gasteiger partial charge is 0.319 e. The lowest BCUT2D eigenvalue weighted by molar-refractivity contribution is -0.118. The second-order valence-corrected chi connectivity index (χ2v) is 3.81. The van der Waals surface area contributed by atoms with Crippen molar-refractivity contribution in [3.05, 3.63) is 23.9 Å². The van der Waals surface area contributed by atoms with Crippen molar-refractivity contribution in [2.45, 2.75) is 13.8 Å². The van der Waals surface area contributed by atoms with Gasteiger partial charge in [-0.3, -0.25) is 20.6 Å². The number of carbonyl (C=O) groups is 1. The highest BCUT2D eigenvalue weighted by molar-refractivity contribution is 5.74. The highest BCUT2D eigenvalue weighted by atomic mass is 16.3. The third-order valence-electron chi connectivity index (χ3n) is 2.12. The highest BCUT2D eigenvalue weighted by Crippen LogP contribution is 2.16. The van der Waals surface area contributed by atoms with Gasteiger partial charge in [-0.1, -0.05) is 0 Å². The van der Waals surface area contributed by atoms with Crippen molar-refractivity contribution in [1.82, 2.24) is 25.4 Å². The van der Waals surface area contributed by atoms with Gasteiger partial charge in [0.2, 0.25) is 11.9 Å². The minimum absolute atomic E-state index is 0.0287. The van der Waals surface area contributed by atoms with Crippen LogP contribution in [0.25, 0.3) is 11.5 Å². The van der Waals surface area contributed by atoms with E-state index in [0.29, 0.717) is 5.69 Å². The molecule has 19 heavy (non-hydrogen) atoms. The Hall–Kier alpha value is -2.77. The molecule has 0 unspecified atom stereocenters. The van der Waals surface area contributed by atoms with Gasteiger partial charge in [0, 0.05) is 13.1 Å². The van der Waals surface area contributed by atoms with Gasteiger partial charge in [-0.2, -0.15) is 15.0 Å². The van der Waals surface area contributed by atoms with E-state index in [1.54, 1.807) is 12.3 Å². The van der Waals surface area contributed by atoms with Crippen LogP contribution in [0.2, 0.25) is 0 Å². The molecule has 8 nitrogen and oxygen atoms in total. The van der Waals surface area contributed by atoms with Crippen molar-refractivity contribution in [2.75, 3.05) is 5.43 Å². The number of nitrogens with one attached hydrogen (secondary N) is 2. The highest BCUT2D eigenvalue weighted by Gasteiger charge is 2.09. The monoisotopic (exact) mass is 260 g/mol. The summed E-state index contributed by atoms with van der Waals surface area (Å²) in [6.45, 7) is 3.24. The van der Waals surface area contributed by atoms with Gasteiger partial charge in [0.25, 0.3) is 0 Å². The summed E-state index contributed by atoms with van der Waals surface area (Å²) in [6.07, 6.45) is 1.62. The molecule has 0 saturated carbocycles. The Balaban J connectivity index is 2.33. The van der Waals surface area contributed by atoms with Gasteiger partial charge in [-0.25, -0.2) is 0 Å². The second-order valence-electron chi connectivity index (χ2n) is 3.81. The molecule has 2 aromatic rings. The first-order valence-corrected chi connectivity index (χ1v) is 5.45. The summed E-state index contributed by atoms with van der Waals surface area (Å²) in [5.74, 6) is -0.0693. The van der Waals surface area contributed by atoms with Crippen LogP contribution in [0.1, 0.15) is 12.5 Å². The maximum atomic E-state index is 10.8. The summed E-state index contributed by atoms with van der Waals surface area (Å²) >= 11 is 0. The quantitative estimate of drug-likeness (QED) is 0.685. The molecule has 0 aliphatic heterocycles. The lowest BCUT2D eigenvalue weighted by Crippen LogP contribution is -2.27. The molecule has 2 aromatic heterocycles. The summed E-state index contributed by atoms with van der Waals surface area (Å²) in [7, 11) is 0. The van der Waals surface area contributed by atoms with E-state index >= 15 is 0 Å². The summed E-state index contributed by atoms with van der Waals surface area (Å²) in [5, 5.41) is 9.45. The zero-order chi connectivity index (χ0) is 13.8. The Morgan fingerprint density at radius 1 is 1.32 bits per heavy atom. The van der Waals surface area contributed by atoms with E-state index in [4.69, 9.17) is 0 Å². The molecule has 3 N–H and O–H groups in total. The number of hydrogen-bond donors (Lipinski definition) is 3. The van der Waals surface area contributed by atoms with E-state index in [0.717, 1.165) is 5.56 Å². The molecule has 1 amide bonds. The number of carbonyl (C=O) groups excluding carboxylic acids is 1. The van der Waals surface area contributed by atoms with E-state index in [1.165, 1.54) is 6.92 Å². The molecule has 2 heterocycles. The molecule has 0 aliphatic carbocycles. The van der Waals surface area contributed by atoms with Gasteiger partial charge in [-0.05, 0) is 24.6 Å². The van der Waals surface area contributed by atoms with Crippen LogP contribution in [-0.2, 0) is 4.79 Å². The molecule has 0 saturated heterocycles. The Labute approximate surface area is 108 Å². The summed E-state index contributed by atoms with van der Waals surface area (Å²) in [6, 6.07) is 3.15. The van der Waals surface area contributed by atoms with Crippen molar-refractivity contribution in [2.24, 2.45) is 0 Å². The van der Waals surface area contributed by atoms with E-state index in [1.807, 2.05) is 13.0 Å². The number of hydrogen-bond acceptors (Lipinski definition) is 7. The van der Waals surface area contributed by atoms with Crippen LogP contribution in [0.5, 0.6) is 6.01 Å². The topological polar surface area (TPSA) is 113 Å². The Kier molecular flexibility index (Phi) is 3.51. The second kappa shape index (κ2) is 5.25. The molecule has 2 rings (SSSR count). The first kappa shape index (κ1) is 12.7. The molecule has 0 spiro atoms. The van der Waals surface area contributed by atoms with E-state index < -0.39 is 6.01 Å².